The average molecular weight is 434 g/mol. The molecule has 0 aliphatic heterocycles. The van der Waals surface area contributed by atoms with E-state index in [0.717, 1.165) is 0 Å². The lowest BCUT2D eigenvalue weighted by Crippen LogP contribution is -2.26. The van der Waals surface area contributed by atoms with Crippen LogP contribution in [0.25, 0.3) is 0 Å². The Morgan fingerprint density at radius 3 is 2.53 bits per heavy atom. The molecule has 3 N–H and O–H groups in total. The van der Waals surface area contributed by atoms with E-state index in [0.29, 0.717) is 21.1 Å². The van der Waals surface area contributed by atoms with Crippen LogP contribution >= 0.6 is 31.9 Å². The molecule has 1 aromatic rings. The van der Waals surface area contributed by atoms with E-state index in [-0.39, 0.29) is 17.1 Å². The number of nitrogen functional groups attached to an aromatic ring is 1. The van der Waals surface area contributed by atoms with Crippen molar-refractivity contribution < 1.29 is 12.6 Å². The standard InChI is InChI=1S/C10H14Br2N2O3S2/c1-18(15)4-2-3-14-19(16,17)10-8(12)5-7(11)6-9(10)13/h5-6,14H,2-4,13H2,1H3. The Bertz CT molecular complexity index is 567. The smallest absolute Gasteiger partial charge is 0.243 e. The Morgan fingerprint density at radius 2 is 2.00 bits per heavy atom. The largest absolute Gasteiger partial charge is 0.398 e. The van der Waals surface area contributed by atoms with Crippen molar-refractivity contribution in [3.8, 4) is 0 Å². The maximum Gasteiger partial charge on any atom is 0.243 e. The van der Waals surface area contributed by atoms with Crippen LogP contribution in [0.4, 0.5) is 5.69 Å². The van der Waals surface area contributed by atoms with Gasteiger partial charge < -0.3 is 5.73 Å². The Balaban J connectivity index is 2.86. The van der Waals surface area contributed by atoms with Crippen LogP contribution in [0.15, 0.2) is 26.0 Å². The summed E-state index contributed by atoms with van der Waals surface area (Å²) in [6.07, 6.45) is 2.09. The van der Waals surface area contributed by atoms with Gasteiger partial charge >= 0.3 is 0 Å². The number of nitrogens with two attached hydrogens (primary N) is 1. The Kier molecular flexibility index (Phi) is 6.44. The summed E-state index contributed by atoms with van der Waals surface area (Å²) < 4.78 is 38.7. The van der Waals surface area contributed by atoms with Crippen LogP contribution in [0.3, 0.4) is 0 Å². The molecule has 0 aliphatic rings. The Labute approximate surface area is 132 Å². The Morgan fingerprint density at radius 1 is 1.37 bits per heavy atom. The molecule has 0 bridgehead atoms. The van der Waals surface area contributed by atoms with Gasteiger partial charge in [0.05, 0.1) is 5.69 Å². The minimum absolute atomic E-state index is 0.0216. The molecule has 19 heavy (non-hydrogen) atoms. The van der Waals surface area contributed by atoms with Crippen LogP contribution < -0.4 is 10.5 Å². The lowest BCUT2D eigenvalue weighted by Gasteiger charge is -2.11. The molecule has 0 saturated heterocycles. The third-order valence-corrected chi connectivity index (χ3v) is 5.99. The molecule has 0 amide bonds. The summed E-state index contributed by atoms with van der Waals surface area (Å²) in [5, 5.41) is 0. The fourth-order valence-corrected chi connectivity index (χ4v) is 5.11. The van der Waals surface area contributed by atoms with E-state index in [9.17, 15) is 12.6 Å². The number of sulfonamides is 1. The molecule has 0 aliphatic carbocycles. The molecule has 1 aromatic carbocycles. The van der Waals surface area contributed by atoms with Gasteiger partial charge in [-0.1, -0.05) is 15.9 Å². The quantitative estimate of drug-likeness (QED) is 0.529. The number of anilines is 1. The molecule has 108 valence electrons. The van der Waals surface area contributed by atoms with E-state index in [1.54, 1.807) is 12.3 Å². The van der Waals surface area contributed by atoms with Gasteiger partial charge in [0.1, 0.15) is 4.90 Å². The third kappa shape index (κ3) is 5.14. The summed E-state index contributed by atoms with van der Waals surface area (Å²) in [4.78, 5) is 0.0216. The van der Waals surface area contributed by atoms with Crippen LogP contribution in [-0.2, 0) is 20.8 Å². The van der Waals surface area contributed by atoms with Gasteiger partial charge in [0.15, 0.2) is 0 Å². The second-order valence-corrected chi connectivity index (χ2v) is 8.86. The molecule has 0 spiro atoms. The zero-order chi connectivity index (χ0) is 14.6. The number of hydrogen-bond acceptors (Lipinski definition) is 4. The summed E-state index contributed by atoms with van der Waals surface area (Å²) in [5.41, 5.74) is 5.89. The van der Waals surface area contributed by atoms with Gasteiger partial charge in [0.25, 0.3) is 0 Å². The van der Waals surface area contributed by atoms with Crippen molar-refractivity contribution in [3.05, 3.63) is 21.1 Å². The number of rotatable bonds is 6. The maximum absolute atomic E-state index is 12.1. The van der Waals surface area contributed by atoms with Crippen molar-refractivity contribution in [3.63, 3.8) is 0 Å². The number of benzene rings is 1. The lowest BCUT2D eigenvalue weighted by molar-refractivity contribution is 0.580. The summed E-state index contributed by atoms with van der Waals surface area (Å²) in [7, 11) is -4.60. The van der Waals surface area contributed by atoms with Crippen molar-refractivity contribution in [1.82, 2.24) is 4.72 Å². The van der Waals surface area contributed by atoms with Crippen molar-refractivity contribution in [2.75, 3.05) is 24.3 Å². The predicted octanol–water partition coefficient (Wildman–Crippen LogP) is 1.84. The summed E-state index contributed by atoms with van der Waals surface area (Å²) in [5.74, 6) is 0.458. The zero-order valence-electron chi connectivity index (χ0n) is 10.2. The highest BCUT2D eigenvalue weighted by Gasteiger charge is 2.21. The first-order valence-corrected chi connectivity index (χ1v) is 10.1. The van der Waals surface area contributed by atoms with E-state index < -0.39 is 20.8 Å². The van der Waals surface area contributed by atoms with Gasteiger partial charge in [-0.25, -0.2) is 13.1 Å². The van der Waals surface area contributed by atoms with Gasteiger partial charge in [-0.3, -0.25) is 4.21 Å². The minimum Gasteiger partial charge on any atom is -0.398 e. The fourth-order valence-electron chi connectivity index (χ4n) is 1.42. The molecule has 0 heterocycles. The van der Waals surface area contributed by atoms with Gasteiger partial charge in [-0.05, 0) is 34.5 Å². The first kappa shape index (κ1) is 17.1. The normalized spacial score (nSPS) is 13.4. The number of nitrogens with one attached hydrogen (secondary N) is 1. The van der Waals surface area contributed by atoms with Crippen molar-refractivity contribution in [2.24, 2.45) is 0 Å². The first-order valence-electron chi connectivity index (χ1n) is 5.28. The molecule has 0 fully saturated rings. The van der Waals surface area contributed by atoms with Gasteiger partial charge in [0, 0.05) is 38.3 Å². The molecule has 0 aromatic heterocycles. The van der Waals surface area contributed by atoms with Crippen LogP contribution in [0, 0.1) is 0 Å². The molecule has 0 saturated carbocycles. The van der Waals surface area contributed by atoms with Crippen LogP contribution in [0.5, 0.6) is 0 Å². The molecule has 1 unspecified atom stereocenters. The summed E-state index contributed by atoms with van der Waals surface area (Å²) in [6.45, 7) is 0.226. The number of halogens is 2. The van der Waals surface area contributed by atoms with Crippen LogP contribution in [0.1, 0.15) is 6.42 Å². The Hall–Kier alpha value is 0.0400. The number of hydrogen-bond donors (Lipinski definition) is 2. The highest BCUT2D eigenvalue weighted by molar-refractivity contribution is 9.11. The molecule has 5 nitrogen and oxygen atoms in total. The SMILES string of the molecule is CS(=O)CCCNS(=O)(=O)c1c(N)cc(Br)cc1Br. The van der Waals surface area contributed by atoms with E-state index in [1.807, 2.05) is 0 Å². The van der Waals surface area contributed by atoms with Crippen molar-refractivity contribution in [1.29, 1.82) is 0 Å². The molecule has 1 atom stereocenters. The molecule has 0 radical (unpaired) electrons. The average Bonchev–Trinajstić information content (AvgIpc) is 2.22. The maximum atomic E-state index is 12.1. The highest BCUT2D eigenvalue weighted by atomic mass is 79.9. The molecule has 9 heteroatoms. The summed E-state index contributed by atoms with van der Waals surface area (Å²) >= 11 is 6.42. The van der Waals surface area contributed by atoms with Crippen LogP contribution in [0.2, 0.25) is 0 Å². The zero-order valence-corrected chi connectivity index (χ0v) is 15.0. The third-order valence-electron chi connectivity index (χ3n) is 2.21. The molecular weight excluding hydrogens is 420 g/mol. The van der Waals surface area contributed by atoms with E-state index in [4.69, 9.17) is 5.73 Å². The van der Waals surface area contributed by atoms with Gasteiger partial charge in [-0.15, -0.1) is 0 Å². The van der Waals surface area contributed by atoms with E-state index >= 15 is 0 Å². The molecule has 1 rings (SSSR count). The predicted molar refractivity (Wildman–Crippen MR) is 85.0 cm³/mol. The second-order valence-electron chi connectivity index (χ2n) is 3.83. The topological polar surface area (TPSA) is 89.3 Å². The van der Waals surface area contributed by atoms with Gasteiger partial charge in [0.2, 0.25) is 10.0 Å². The fraction of sp³-hybridized carbons (Fsp3) is 0.400. The first-order chi connectivity index (χ1) is 8.74. The monoisotopic (exact) mass is 432 g/mol. The van der Waals surface area contributed by atoms with Crippen LogP contribution in [-0.4, -0.2) is 31.2 Å². The lowest BCUT2D eigenvalue weighted by atomic mass is 10.3. The van der Waals surface area contributed by atoms with Crippen molar-refractivity contribution in [2.45, 2.75) is 11.3 Å². The summed E-state index contributed by atoms with van der Waals surface area (Å²) in [6, 6.07) is 3.15. The van der Waals surface area contributed by atoms with E-state index in [2.05, 4.69) is 36.6 Å². The van der Waals surface area contributed by atoms with Gasteiger partial charge in [-0.2, -0.15) is 0 Å². The molecular formula is C10H14Br2N2O3S2. The van der Waals surface area contributed by atoms with Crippen molar-refractivity contribution >= 4 is 58.4 Å². The second kappa shape index (κ2) is 7.16. The minimum atomic E-state index is -3.68. The van der Waals surface area contributed by atoms with E-state index in [1.165, 1.54) is 6.07 Å². The highest BCUT2D eigenvalue weighted by Crippen LogP contribution is 2.31.